The van der Waals surface area contributed by atoms with Crippen LogP contribution in [0.2, 0.25) is 5.02 Å². The SMILES string of the molecule is CC(=O)c1cn(-c2ccc(Cl)cc2)c2ccccc12. The highest BCUT2D eigenvalue weighted by Crippen LogP contribution is 2.25. The van der Waals surface area contributed by atoms with Gasteiger partial charge in [-0.25, -0.2) is 0 Å². The van der Waals surface area contributed by atoms with Gasteiger partial charge in [0.05, 0.1) is 5.52 Å². The number of carbonyl (C=O) groups is 1. The summed E-state index contributed by atoms with van der Waals surface area (Å²) in [6, 6.07) is 15.5. The highest BCUT2D eigenvalue weighted by molar-refractivity contribution is 6.30. The van der Waals surface area contributed by atoms with Crippen LogP contribution in [0.3, 0.4) is 0 Å². The minimum absolute atomic E-state index is 0.0731. The van der Waals surface area contributed by atoms with E-state index in [1.807, 2.05) is 59.3 Å². The molecule has 2 aromatic carbocycles. The van der Waals surface area contributed by atoms with Gasteiger partial charge in [-0.05, 0) is 37.3 Å². The lowest BCUT2D eigenvalue weighted by Gasteiger charge is -2.04. The maximum absolute atomic E-state index is 11.7. The van der Waals surface area contributed by atoms with Crippen molar-refractivity contribution in [3.63, 3.8) is 0 Å². The summed E-state index contributed by atoms with van der Waals surface area (Å²) in [7, 11) is 0. The first-order chi connectivity index (χ1) is 9.16. The fraction of sp³-hybridized carbons (Fsp3) is 0.0625. The van der Waals surface area contributed by atoms with E-state index in [1.165, 1.54) is 0 Å². The van der Waals surface area contributed by atoms with Gasteiger partial charge in [0.1, 0.15) is 0 Å². The number of hydrogen-bond acceptors (Lipinski definition) is 1. The van der Waals surface area contributed by atoms with Crippen molar-refractivity contribution in [2.45, 2.75) is 6.92 Å². The van der Waals surface area contributed by atoms with E-state index in [2.05, 4.69) is 0 Å². The number of rotatable bonds is 2. The van der Waals surface area contributed by atoms with Crippen LogP contribution < -0.4 is 0 Å². The van der Waals surface area contributed by atoms with Gasteiger partial charge in [0.15, 0.2) is 5.78 Å². The van der Waals surface area contributed by atoms with Crippen molar-refractivity contribution < 1.29 is 4.79 Å². The molecule has 3 heteroatoms. The highest BCUT2D eigenvalue weighted by Gasteiger charge is 2.12. The Balaban J connectivity index is 2.29. The third-order valence-corrected chi connectivity index (χ3v) is 3.45. The molecule has 0 spiro atoms. The van der Waals surface area contributed by atoms with E-state index < -0.39 is 0 Å². The van der Waals surface area contributed by atoms with E-state index in [0.717, 1.165) is 22.2 Å². The summed E-state index contributed by atoms with van der Waals surface area (Å²) in [4.78, 5) is 11.7. The fourth-order valence-corrected chi connectivity index (χ4v) is 2.40. The molecule has 0 unspecified atom stereocenters. The number of fused-ring (bicyclic) bond motifs is 1. The smallest absolute Gasteiger partial charge is 0.161 e. The Labute approximate surface area is 116 Å². The van der Waals surface area contributed by atoms with Crippen molar-refractivity contribution in [2.75, 3.05) is 0 Å². The maximum atomic E-state index is 11.7. The van der Waals surface area contributed by atoms with Gasteiger partial charge in [-0.2, -0.15) is 0 Å². The molecule has 3 aromatic rings. The number of hydrogen-bond donors (Lipinski definition) is 0. The van der Waals surface area contributed by atoms with Crippen LogP contribution >= 0.6 is 11.6 Å². The number of carbonyl (C=O) groups excluding carboxylic acids is 1. The molecule has 0 fully saturated rings. The average Bonchev–Trinajstić information content (AvgIpc) is 2.79. The van der Waals surface area contributed by atoms with E-state index in [0.29, 0.717) is 5.02 Å². The van der Waals surface area contributed by atoms with Gasteiger partial charge in [0.25, 0.3) is 0 Å². The molecule has 1 heterocycles. The van der Waals surface area contributed by atoms with Crippen molar-refractivity contribution in [3.05, 3.63) is 65.3 Å². The zero-order valence-electron chi connectivity index (χ0n) is 10.4. The summed E-state index contributed by atoms with van der Waals surface area (Å²) >= 11 is 5.91. The van der Waals surface area contributed by atoms with Crippen molar-refractivity contribution in [3.8, 4) is 5.69 Å². The largest absolute Gasteiger partial charge is 0.316 e. The minimum Gasteiger partial charge on any atom is -0.316 e. The molecule has 0 amide bonds. The van der Waals surface area contributed by atoms with Crippen LogP contribution in [0.25, 0.3) is 16.6 Å². The average molecular weight is 270 g/mol. The molecule has 1 aromatic heterocycles. The van der Waals surface area contributed by atoms with Crippen molar-refractivity contribution >= 4 is 28.3 Å². The summed E-state index contributed by atoms with van der Waals surface area (Å²) in [5, 5.41) is 1.68. The van der Waals surface area contributed by atoms with E-state index >= 15 is 0 Å². The number of ketones is 1. The normalized spacial score (nSPS) is 10.8. The fourth-order valence-electron chi connectivity index (χ4n) is 2.28. The van der Waals surface area contributed by atoms with Gasteiger partial charge in [-0.1, -0.05) is 29.8 Å². The number of para-hydroxylation sites is 1. The van der Waals surface area contributed by atoms with E-state index in [4.69, 9.17) is 11.6 Å². The van der Waals surface area contributed by atoms with Gasteiger partial charge < -0.3 is 4.57 Å². The van der Waals surface area contributed by atoms with Crippen LogP contribution in [0.1, 0.15) is 17.3 Å². The lowest BCUT2D eigenvalue weighted by Crippen LogP contribution is -1.92. The van der Waals surface area contributed by atoms with Crippen LogP contribution in [0, 0.1) is 0 Å². The van der Waals surface area contributed by atoms with Crippen molar-refractivity contribution in [1.29, 1.82) is 0 Å². The number of halogens is 1. The molecule has 19 heavy (non-hydrogen) atoms. The number of benzene rings is 2. The van der Waals surface area contributed by atoms with Gasteiger partial charge in [-0.15, -0.1) is 0 Å². The zero-order valence-corrected chi connectivity index (χ0v) is 11.2. The van der Waals surface area contributed by atoms with Crippen LogP contribution in [-0.2, 0) is 0 Å². The summed E-state index contributed by atoms with van der Waals surface area (Å²) in [6.45, 7) is 1.59. The van der Waals surface area contributed by atoms with Crippen molar-refractivity contribution in [2.24, 2.45) is 0 Å². The Kier molecular flexibility index (Phi) is 2.88. The molecular weight excluding hydrogens is 258 g/mol. The molecule has 3 rings (SSSR count). The molecular formula is C16H12ClNO. The molecule has 0 saturated heterocycles. The second kappa shape index (κ2) is 4.56. The second-order valence-electron chi connectivity index (χ2n) is 4.46. The minimum atomic E-state index is 0.0731. The van der Waals surface area contributed by atoms with Gasteiger partial charge in [0, 0.05) is 27.9 Å². The Morgan fingerprint density at radius 2 is 1.74 bits per heavy atom. The third-order valence-electron chi connectivity index (χ3n) is 3.20. The van der Waals surface area contributed by atoms with Crippen molar-refractivity contribution in [1.82, 2.24) is 4.57 Å². The van der Waals surface area contributed by atoms with Crippen LogP contribution in [0.5, 0.6) is 0 Å². The third kappa shape index (κ3) is 2.04. The van der Waals surface area contributed by atoms with E-state index in [9.17, 15) is 4.79 Å². The zero-order chi connectivity index (χ0) is 13.4. The van der Waals surface area contributed by atoms with Crippen LogP contribution in [-0.4, -0.2) is 10.4 Å². The first kappa shape index (κ1) is 12.0. The Morgan fingerprint density at radius 3 is 2.42 bits per heavy atom. The topological polar surface area (TPSA) is 22.0 Å². The van der Waals surface area contributed by atoms with E-state index in [-0.39, 0.29) is 5.78 Å². The van der Waals surface area contributed by atoms with Gasteiger partial charge >= 0.3 is 0 Å². The molecule has 2 nitrogen and oxygen atoms in total. The molecule has 94 valence electrons. The molecule has 0 bridgehead atoms. The van der Waals surface area contributed by atoms with Crippen LogP contribution in [0.4, 0.5) is 0 Å². The molecule has 0 aliphatic carbocycles. The predicted octanol–water partition coefficient (Wildman–Crippen LogP) is 4.49. The molecule has 0 saturated carbocycles. The summed E-state index contributed by atoms with van der Waals surface area (Å²) in [6.07, 6.45) is 1.89. The highest BCUT2D eigenvalue weighted by atomic mass is 35.5. The van der Waals surface area contributed by atoms with Gasteiger partial charge in [-0.3, -0.25) is 4.79 Å². The molecule has 0 N–H and O–H groups in total. The van der Waals surface area contributed by atoms with E-state index in [1.54, 1.807) is 6.92 Å². The molecule has 0 aliphatic heterocycles. The maximum Gasteiger partial charge on any atom is 0.161 e. The number of nitrogens with zero attached hydrogens (tertiary/aromatic N) is 1. The summed E-state index contributed by atoms with van der Waals surface area (Å²) < 4.78 is 2.02. The number of aromatic nitrogens is 1. The summed E-state index contributed by atoms with van der Waals surface area (Å²) in [5.41, 5.74) is 2.76. The number of Topliss-reactive ketones (excluding diaryl/α,β-unsaturated/α-hetero) is 1. The lowest BCUT2D eigenvalue weighted by molar-refractivity contribution is 0.101. The quantitative estimate of drug-likeness (QED) is 0.629. The monoisotopic (exact) mass is 269 g/mol. The summed E-state index contributed by atoms with van der Waals surface area (Å²) in [5.74, 6) is 0.0731. The molecule has 0 aliphatic rings. The lowest BCUT2D eigenvalue weighted by atomic mass is 10.1. The molecule has 0 atom stereocenters. The standard InChI is InChI=1S/C16H12ClNO/c1-11(19)15-10-18(13-8-6-12(17)7-9-13)16-5-3-2-4-14(15)16/h2-10H,1H3. The Hall–Kier alpha value is -2.06. The Bertz CT molecular complexity index is 756. The Morgan fingerprint density at radius 1 is 1.05 bits per heavy atom. The van der Waals surface area contributed by atoms with Crippen LogP contribution in [0.15, 0.2) is 54.7 Å². The van der Waals surface area contributed by atoms with Gasteiger partial charge in [0.2, 0.25) is 0 Å². The predicted molar refractivity (Wildman–Crippen MR) is 78.3 cm³/mol. The first-order valence-corrected chi connectivity index (χ1v) is 6.41. The second-order valence-corrected chi connectivity index (χ2v) is 4.90. The first-order valence-electron chi connectivity index (χ1n) is 6.04. The molecule has 0 radical (unpaired) electrons.